The van der Waals surface area contributed by atoms with Gasteiger partial charge in [-0.1, -0.05) is 20.3 Å². The van der Waals surface area contributed by atoms with Crippen LogP contribution in [0.5, 0.6) is 0 Å². The fourth-order valence-electron chi connectivity index (χ4n) is 2.70. The Bertz CT molecular complexity index is 261. The van der Waals surface area contributed by atoms with Gasteiger partial charge in [0, 0.05) is 38.3 Å². The average molecular weight is 296 g/mol. The Hall–Kier alpha value is -0.330. The summed E-state index contributed by atoms with van der Waals surface area (Å²) in [6, 6.07) is 1.00. The highest BCUT2D eigenvalue weighted by Crippen LogP contribution is 2.16. The van der Waals surface area contributed by atoms with Gasteiger partial charge >= 0.3 is 6.18 Å². The van der Waals surface area contributed by atoms with Crippen LogP contribution in [0, 0.1) is 0 Å². The van der Waals surface area contributed by atoms with Crippen molar-refractivity contribution in [2.75, 3.05) is 32.8 Å². The molecule has 1 fully saturated rings. The molecule has 2 atom stereocenters. The number of ether oxygens (including phenoxy) is 1. The van der Waals surface area contributed by atoms with Gasteiger partial charge in [0.15, 0.2) is 0 Å². The molecule has 1 saturated heterocycles. The van der Waals surface area contributed by atoms with Crippen molar-refractivity contribution in [3.05, 3.63) is 0 Å². The number of alkyl halides is 3. The first-order valence-electron chi connectivity index (χ1n) is 7.58. The summed E-state index contributed by atoms with van der Waals surface area (Å²) in [6.45, 7) is 6.15. The SMILES string of the molecule is CCCC1CN(CCCOCC(F)(F)F)C(CC)CN1. The van der Waals surface area contributed by atoms with Crippen molar-refractivity contribution in [1.29, 1.82) is 0 Å². The Kier molecular flexibility index (Phi) is 7.84. The molecule has 6 heteroatoms. The van der Waals surface area contributed by atoms with E-state index in [0.717, 1.165) is 38.9 Å². The summed E-state index contributed by atoms with van der Waals surface area (Å²) in [7, 11) is 0. The van der Waals surface area contributed by atoms with Crippen LogP contribution in [0.1, 0.15) is 39.5 Å². The summed E-state index contributed by atoms with van der Waals surface area (Å²) in [6.07, 6.45) is -0.192. The third kappa shape index (κ3) is 6.90. The van der Waals surface area contributed by atoms with Crippen molar-refractivity contribution < 1.29 is 17.9 Å². The van der Waals surface area contributed by atoms with E-state index in [1.165, 1.54) is 0 Å². The standard InChI is InChI=1S/C14H27F3N2O/c1-3-6-12-10-19(13(4-2)9-18-12)7-5-8-20-11-14(15,16)17/h12-13,18H,3-11H2,1-2H3. The summed E-state index contributed by atoms with van der Waals surface area (Å²) in [5.74, 6) is 0. The third-order valence-electron chi connectivity index (χ3n) is 3.72. The third-order valence-corrected chi connectivity index (χ3v) is 3.72. The lowest BCUT2D eigenvalue weighted by Gasteiger charge is -2.40. The van der Waals surface area contributed by atoms with Crippen molar-refractivity contribution in [3.8, 4) is 0 Å². The predicted molar refractivity (Wildman–Crippen MR) is 73.8 cm³/mol. The Balaban J connectivity index is 2.24. The molecule has 1 aliphatic heterocycles. The van der Waals surface area contributed by atoms with Gasteiger partial charge in [0.2, 0.25) is 0 Å². The number of piperazine rings is 1. The Morgan fingerprint density at radius 3 is 2.65 bits per heavy atom. The van der Waals surface area contributed by atoms with E-state index >= 15 is 0 Å². The Morgan fingerprint density at radius 2 is 2.05 bits per heavy atom. The molecular formula is C14H27F3N2O. The van der Waals surface area contributed by atoms with Crippen LogP contribution in [-0.4, -0.2) is 56.0 Å². The van der Waals surface area contributed by atoms with Crippen molar-refractivity contribution in [2.45, 2.75) is 57.8 Å². The van der Waals surface area contributed by atoms with Gasteiger partial charge in [0.1, 0.15) is 6.61 Å². The molecule has 120 valence electrons. The van der Waals surface area contributed by atoms with E-state index in [9.17, 15) is 13.2 Å². The zero-order valence-electron chi connectivity index (χ0n) is 12.5. The normalized spacial score (nSPS) is 25.1. The topological polar surface area (TPSA) is 24.5 Å². The fraction of sp³-hybridized carbons (Fsp3) is 1.00. The number of hydrogen-bond acceptors (Lipinski definition) is 3. The lowest BCUT2D eigenvalue weighted by atomic mass is 10.0. The minimum absolute atomic E-state index is 0.179. The van der Waals surface area contributed by atoms with Crippen molar-refractivity contribution in [1.82, 2.24) is 10.2 Å². The first-order valence-corrected chi connectivity index (χ1v) is 7.58. The van der Waals surface area contributed by atoms with Gasteiger partial charge in [-0.05, 0) is 19.3 Å². The molecule has 0 aliphatic carbocycles. The lowest BCUT2D eigenvalue weighted by molar-refractivity contribution is -0.174. The smallest absolute Gasteiger partial charge is 0.372 e. The van der Waals surface area contributed by atoms with Crippen molar-refractivity contribution in [3.63, 3.8) is 0 Å². The van der Waals surface area contributed by atoms with E-state index in [0.29, 0.717) is 18.5 Å². The van der Waals surface area contributed by atoms with Crippen LogP contribution < -0.4 is 5.32 Å². The number of nitrogens with one attached hydrogen (secondary N) is 1. The fourth-order valence-corrected chi connectivity index (χ4v) is 2.70. The van der Waals surface area contributed by atoms with Crippen LogP contribution in [0.3, 0.4) is 0 Å². The minimum atomic E-state index is -4.22. The largest absolute Gasteiger partial charge is 0.411 e. The zero-order chi connectivity index (χ0) is 15.0. The molecule has 0 aromatic heterocycles. The molecule has 0 amide bonds. The second-order valence-corrected chi connectivity index (χ2v) is 5.47. The van der Waals surface area contributed by atoms with E-state index < -0.39 is 12.8 Å². The highest BCUT2D eigenvalue weighted by atomic mass is 19.4. The second kappa shape index (κ2) is 8.85. The molecule has 0 aromatic rings. The second-order valence-electron chi connectivity index (χ2n) is 5.47. The van der Waals surface area contributed by atoms with Crippen LogP contribution in [0.25, 0.3) is 0 Å². The molecule has 0 aromatic carbocycles. The molecule has 0 spiro atoms. The Labute approximate surface area is 119 Å². The van der Waals surface area contributed by atoms with Crippen molar-refractivity contribution in [2.24, 2.45) is 0 Å². The first kappa shape index (κ1) is 17.7. The molecule has 1 rings (SSSR count). The monoisotopic (exact) mass is 296 g/mol. The highest BCUT2D eigenvalue weighted by molar-refractivity contribution is 4.85. The van der Waals surface area contributed by atoms with Crippen LogP contribution in [-0.2, 0) is 4.74 Å². The predicted octanol–water partition coefficient (Wildman–Crippen LogP) is 2.81. The summed E-state index contributed by atoms with van der Waals surface area (Å²) in [5, 5.41) is 3.55. The van der Waals surface area contributed by atoms with Crippen LogP contribution >= 0.6 is 0 Å². The maximum atomic E-state index is 11.9. The maximum absolute atomic E-state index is 11.9. The number of hydrogen-bond donors (Lipinski definition) is 1. The Morgan fingerprint density at radius 1 is 1.30 bits per heavy atom. The van der Waals surface area contributed by atoms with Gasteiger partial charge in [0.25, 0.3) is 0 Å². The number of rotatable bonds is 8. The van der Waals surface area contributed by atoms with Gasteiger partial charge in [-0.15, -0.1) is 0 Å². The minimum Gasteiger partial charge on any atom is -0.372 e. The summed E-state index contributed by atoms with van der Waals surface area (Å²) in [4.78, 5) is 2.40. The molecule has 20 heavy (non-hydrogen) atoms. The lowest BCUT2D eigenvalue weighted by Crippen LogP contribution is -2.56. The van der Waals surface area contributed by atoms with E-state index in [-0.39, 0.29) is 6.61 Å². The van der Waals surface area contributed by atoms with E-state index in [1.807, 2.05) is 0 Å². The quantitative estimate of drug-likeness (QED) is 0.697. The highest BCUT2D eigenvalue weighted by Gasteiger charge is 2.28. The zero-order valence-corrected chi connectivity index (χ0v) is 12.5. The van der Waals surface area contributed by atoms with Crippen LogP contribution in [0.15, 0.2) is 0 Å². The molecule has 2 unspecified atom stereocenters. The van der Waals surface area contributed by atoms with Gasteiger partial charge in [-0.3, -0.25) is 4.90 Å². The maximum Gasteiger partial charge on any atom is 0.411 e. The van der Waals surface area contributed by atoms with Gasteiger partial charge < -0.3 is 10.1 Å². The van der Waals surface area contributed by atoms with Gasteiger partial charge in [-0.25, -0.2) is 0 Å². The molecule has 1 heterocycles. The first-order chi connectivity index (χ1) is 9.46. The number of nitrogens with zero attached hydrogens (tertiary/aromatic N) is 1. The van der Waals surface area contributed by atoms with Gasteiger partial charge in [0.05, 0.1) is 0 Å². The van der Waals surface area contributed by atoms with E-state index in [1.54, 1.807) is 0 Å². The van der Waals surface area contributed by atoms with E-state index in [4.69, 9.17) is 0 Å². The molecule has 0 radical (unpaired) electrons. The summed E-state index contributed by atoms with van der Waals surface area (Å²) in [5.41, 5.74) is 0. The molecule has 1 aliphatic rings. The van der Waals surface area contributed by atoms with Crippen molar-refractivity contribution >= 4 is 0 Å². The average Bonchev–Trinajstić information content (AvgIpc) is 2.38. The molecular weight excluding hydrogens is 269 g/mol. The molecule has 3 nitrogen and oxygen atoms in total. The van der Waals surface area contributed by atoms with Gasteiger partial charge in [-0.2, -0.15) is 13.2 Å². The molecule has 1 N–H and O–H groups in total. The molecule has 0 saturated carbocycles. The van der Waals surface area contributed by atoms with E-state index in [2.05, 4.69) is 28.8 Å². The summed E-state index contributed by atoms with van der Waals surface area (Å²) < 4.78 is 40.5. The number of halogens is 3. The van der Waals surface area contributed by atoms with Crippen LogP contribution in [0.4, 0.5) is 13.2 Å². The van der Waals surface area contributed by atoms with Crippen LogP contribution in [0.2, 0.25) is 0 Å². The molecule has 0 bridgehead atoms. The summed E-state index contributed by atoms with van der Waals surface area (Å²) >= 11 is 0.